The molecule has 0 aliphatic carbocycles. The Morgan fingerprint density at radius 3 is 2.83 bits per heavy atom. The second-order valence-electron chi connectivity index (χ2n) is 5.72. The second-order valence-corrected chi connectivity index (χ2v) is 6.44. The number of hydrogen-bond acceptors (Lipinski definition) is 6. The Kier molecular flexibility index (Phi) is 6.41. The quantitative estimate of drug-likeness (QED) is 0.193. The number of nitrogens with zero attached hydrogens (tertiary/aromatic N) is 3. The van der Waals surface area contributed by atoms with Crippen LogP contribution in [0, 0.1) is 5.82 Å². The summed E-state index contributed by atoms with van der Waals surface area (Å²) in [5, 5.41) is 10.7. The van der Waals surface area contributed by atoms with Crippen molar-refractivity contribution < 1.29 is 19.0 Å². The van der Waals surface area contributed by atoms with E-state index in [0.717, 1.165) is 23.2 Å². The minimum atomic E-state index is -0.903. The van der Waals surface area contributed by atoms with Gasteiger partial charge in [0.05, 0.1) is 23.4 Å². The van der Waals surface area contributed by atoms with Gasteiger partial charge in [-0.15, -0.1) is 0 Å². The third-order valence-corrected chi connectivity index (χ3v) is 4.37. The standard InChI is InChI=1S/C20H14Cl2FN3O3/c1-2-29-20(28)14(17(27)13-9-15(23)19(22)26-18(13)21)10-25-12-5-6-16-11(8-12)4-3-7-24-16/h3-10,27H,2H2,1H3/b17-14-,25-10?. The van der Waals surface area contributed by atoms with Crippen molar-refractivity contribution in [3.8, 4) is 0 Å². The summed E-state index contributed by atoms with van der Waals surface area (Å²) in [6.07, 6.45) is 2.79. The predicted molar refractivity (Wildman–Crippen MR) is 110 cm³/mol. The lowest BCUT2D eigenvalue weighted by molar-refractivity contribution is -0.137. The van der Waals surface area contributed by atoms with E-state index < -0.39 is 22.7 Å². The zero-order valence-electron chi connectivity index (χ0n) is 15.1. The van der Waals surface area contributed by atoms with E-state index in [1.807, 2.05) is 6.07 Å². The molecule has 2 heterocycles. The molecule has 0 bridgehead atoms. The molecule has 0 atom stereocenters. The first-order valence-electron chi connectivity index (χ1n) is 8.41. The van der Waals surface area contributed by atoms with Gasteiger partial charge in [-0.25, -0.2) is 14.2 Å². The van der Waals surface area contributed by atoms with E-state index in [4.69, 9.17) is 27.9 Å². The minimum absolute atomic E-state index is 0.0616. The first kappa shape index (κ1) is 20.7. The zero-order valence-corrected chi connectivity index (χ0v) is 16.6. The summed E-state index contributed by atoms with van der Waals surface area (Å²) in [7, 11) is 0. The van der Waals surface area contributed by atoms with Crippen molar-refractivity contribution >= 4 is 57.7 Å². The highest BCUT2D eigenvalue weighted by atomic mass is 35.5. The fraction of sp³-hybridized carbons (Fsp3) is 0.100. The van der Waals surface area contributed by atoms with Gasteiger partial charge in [-0.05, 0) is 37.3 Å². The van der Waals surface area contributed by atoms with Crippen molar-refractivity contribution in [2.75, 3.05) is 6.61 Å². The van der Waals surface area contributed by atoms with Crippen LogP contribution >= 0.6 is 23.2 Å². The molecule has 0 saturated heterocycles. The number of ether oxygens (including phenoxy) is 1. The molecule has 0 spiro atoms. The van der Waals surface area contributed by atoms with Crippen molar-refractivity contribution in [3.05, 3.63) is 69.9 Å². The van der Waals surface area contributed by atoms with E-state index >= 15 is 0 Å². The molecule has 0 amide bonds. The molecule has 29 heavy (non-hydrogen) atoms. The highest BCUT2D eigenvalue weighted by Gasteiger charge is 2.20. The van der Waals surface area contributed by atoms with Gasteiger partial charge >= 0.3 is 5.97 Å². The number of esters is 1. The van der Waals surface area contributed by atoms with Crippen LogP contribution in [0.3, 0.4) is 0 Å². The van der Waals surface area contributed by atoms with Gasteiger partial charge in [-0.1, -0.05) is 29.3 Å². The van der Waals surface area contributed by atoms with Gasteiger partial charge in [0.25, 0.3) is 0 Å². The van der Waals surface area contributed by atoms with Crippen molar-refractivity contribution in [3.63, 3.8) is 0 Å². The Bertz CT molecular complexity index is 1150. The summed E-state index contributed by atoms with van der Waals surface area (Å²) < 4.78 is 18.7. The monoisotopic (exact) mass is 433 g/mol. The number of carbonyl (C=O) groups excluding carboxylic acids is 1. The highest BCUT2D eigenvalue weighted by Crippen LogP contribution is 2.27. The lowest BCUT2D eigenvalue weighted by Crippen LogP contribution is -2.11. The molecular formula is C20H14Cl2FN3O3. The summed E-state index contributed by atoms with van der Waals surface area (Å²) in [5.74, 6) is -2.40. The van der Waals surface area contributed by atoms with Crippen LogP contribution in [0.25, 0.3) is 16.7 Å². The molecule has 0 aliphatic rings. The van der Waals surface area contributed by atoms with Gasteiger partial charge in [-0.3, -0.25) is 9.98 Å². The fourth-order valence-corrected chi connectivity index (χ4v) is 2.87. The maximum Gasteiger partial charge on any atom is 0.343 e. The smallest absolute Gasteiger partial charge is 0.343 e. The molecule has 0 saturated carbocycles. The molecule has 1 N–H and O–H groups in total. The number of benzene rings is 1. The largest absolute Gasteiger partial charge is 0.506 e. The number of hydrogen-bond donors (Lipinski definition) is 1. The zero-order chi connectivity index (χ0) is 21.0. The van der Waals surface area contributed by atoms with Crippen molar-refractivity contribution in [2.45, 2.75) is 6.92 Å². The summed E-state index contributed by atoms with van der Waals surface area (Å²) in [6, 6.07) is 9.75. The van der Waals surface area contributed by atoms with Gasteiger partial charge in [-0.2, -0.15) is 0 Å². The summed E-state index contributed by atoms with van der Waals surface area (Å²) in [4.78, 5) is 24.4. The van der Waals surface area contributed by atoms with Gasteiger partial charge in [0.15, 0.2) is 11.0 Å². The second kappa shape index (κ2) is 8.98. The first-order chi connectivity index (χ1) is 13.9. The predicted octanol–water partition coefficient (Wildman–Crippen LogP) is 5.31. The van der Waals surface area contributed by atoms with Crippen molar-refractivity contribution in [1.29, 1.82) is 0 Å². The van der Waals surface area contributed by atoms with Crippen molar-refractivity contribution in [2.24, 2.45) is 4.99 Å². The van der Waals surface area contributed by atoms with E-state index in [1.54, 1.807) is 37.4 Å². The number of rotatable bonds is 5. The van der Waals surface area contributed by atoms with Gasteiger partial charge in [0.1, 0.15) is 16.5 Å². The minimum Gasteiger partial charge on any atom is -0.506 e. The number of aliphatic hydroxyl groups excluding tert-OH is 1. The molecule has 1 aromatic carbocycles. The SMILES string of the molecule is CCOC(=O)/C(C=Nc1ccc2ncccc2c1)=C(\O)c1cc(F)c(Cl)nc1Cl. The van der Waals surface area contributed by atoms with Gasteiger partial charge in [0, 0.05) is 17.8 Å². The molecule has 148 valence electrons. The molecule has 3 aromatic rings. The molecule has 2 aromatic heterocycles. The average Bonchev–Trinajstić information content (AvgIpc) is 2.70. The van der Waals surface area contributed by atoms with Crippen LogP contribution in [0.5, 0.6) is 0 Å². The van der Waals surface area contributed by atoms with Crippen LogP contribution in [0.4, 0.5) is 10.1 Å². The fourth-order valence-electron chi connectivity index (χ4n) is 2.46. The van der Waals surface area contributed by atoms with Crippen LogP contribution in [0.15, 0.2) is 53.2 Å². The van der Waals surface area contributed by atoms with E-state index in [1.165, 1.54) is 0 Å². The number of aliphatic imine (C=N–C) groups is 1. The molecule has 6 nitrogen and oxygen atoms in total. The third-order valence-electron chi connectivity index (χ3n) is 3.82. The van der Waals surface area contributed by atoms with Crippen LogP contribution in [-0.2, 0) is 9.53 Å². The molecule has 0 fully saturated rings. The van der Waals surface area contributed by atoms with E-state index in [0.29, 0.717) is 5.69 Å². The van der Waals surface area contributed by atoms with E-state index in [-0.39, 0.29) is 22.9 Å². The van der Waals surface area contributed by atoms with Crippen LogP contribution < -0.4 is 0 Å². The average molecular weight is 434 g/mol. The van der Waals surface area contributed by atoms with Gasteiger partial charge in [0.2, 0.25) is 0 Å². The maximum atomic E-state index is 13.8. The lowest BCUT2D eigenvalue weighted by Gasteiger charge is -2.09. The normalized spacial score (nSPS) is 12.3. The number of aromatic nitrogens is 2. The summed E-state index contributed by atoms with van der Waals surface area (Å²) in [5.41, 5.74) is 0.755. The number of halogens is 3. The molecule has 0 radical (unpaired) electrons. The Morgan fingerprint density at radius 2 is 2.07 bits per heavy atom. The number of pyridine rings is 2. The van der Waals surface area contributed by atoms with E-state index in [2.05, 4.69) is 15.0 Å². The summed E-state index contributed by atoms with van der Waals surface area (Å²) in [6.45, 7) is 1.67. The lowest BCUT2D eigenvalue weighted by atomic mass is 10.1. The van der Waals surface area contributed by atoms with Crippen LogP contribution in [0.1, 0.15) is 12.5 Å². The molecule has 9 heteroatoms. The Labute approximate surface area is 175 Å². The third kappa shape index (κ3) is 4.70. The topological polar surface area (TPSA) is 84.7 Å². The highest BCUT2D eigenvalue weighted by molar-refractivity contribution is 6.34. The summed E-state index contributed by atoms with van der Waals surface area (Å²) >= 11 is 11.5. The molecule has 3 rings (SSSR count). The Hall–Kier alpha value is -3.03. The number of carbonyl (C=O) groups is 1. The van der Waals surface area contributed by atoms with Crippen LogP contribution in [0.2, 0.25) is 10.3 Å². The van der Waals surface area contributed by atoms with Crippen LogP contribution in [-0.4, -0.2) is 33.9 Å². The number of aliphatic hydroxyl groups is 1. The Morgan fingerprint density at radius 1 is 1.28 bits per heavy atom. The number of fused-ring (bicyclic) bond motifs is 1. The van der Waals surface area contributed by atoms with Gasteiger partial charge < -0.3 is 9.84 Å². The Balaban J connectivity index is 2.06. The molecule has 0 unspecified atom stereocenters. The molecular weight excluding hydrogens is 420 g/mol. The van der Waals surface area contributed by atoms with E-state index in [9.17, 15) is 14.3 Å². The van der Waals surface area contributed by atoms with Crippen molar-refractivity contribution in [1.82, 2.24) is 9.97 Å². The molecule has 0 aliphatic heterocycles. The maximum absolute atomic E-state index is 13.8. The first-order valence-corrected chi connectivity index (χ1v) is 9.17.